The molecule has 0 saturated heterocycles. The molecule has 0 spiro atoms. The van der Waals surface area contributed by atoms with Crippen molar-refractivity contribution >= 4 is 0 Å². The van der Waals surface area contributed by atoms with Gasteiger partial charge in [0.25, 0.3) is 0 Å². The molecular weight excluding hydrogens is 298 g/mol. The van der Waals surface area contributed by atoms with Crippen molar-refractivity contribution in [2.75, 3.05) is 13.2 Å². The molecule has 2 N–H and O–H groups in total. The molecule has 2 bridgehead atoms. The second-order valence-electron chi connectivity index (χ2n) is 8.63. The number of aliphatic hydroxyl groups excluding tert-OH is 1. The van der Waals surface area contributed by atoms with Gasteiger partial charge in [-0.3, -0.25) is 0 Å². The summed E-state index contributed by atoms with van der Waals surface area (Å²) in [5, 5.41) is 13.7. The number of ether oxygens (including phenoxy) is 1. The molecule has 3 rings (SSSR count). The highest BCUT2D eigenvalue weighted by Crippen LogP contribution is 2.66. The summed E-state index contributed by atoms with van der Waals surface area (Å²) >= 11 is 0. The van der Waals surface area contributed by atoms with E-state index in [1.807, 2.05) is 18.2 Å². The average Bonchev–Trinajstić information content (AvgIpc) is 2.91. The minimum absolute atomic E-state index is 0.236. The summed E-state index contributed by atoms with van der Waals surface area (Å²) in [6.45, 7) is 10.3. The van der Waals surface area contributed by atoms with Gasteiger partial charge in [-0.2, -0.15) is 0 Å². The molecule has 1 aromatic carbocycles. The Morgan fingerprint density at radius 1 is 1.25 bits per heavy atom. The zero-order chi connectivity index (χ0) is 17.4. The Hall–Kier alpha value is -0.900. The number of aliphatic hydroxyl groups is 1. The van der Waals surface area contributed by atoms with Gasteiger partial charge in [-0.15, -0.1) is 0 Å². The zero-order valence-electron chi connectivity index (χ0n) is 15.6. The maximum absolute atomic E-state index is 10.3. The van der Waals surface area contributed by atoms with Crippen LogP contribution in [0.15, 0.2) is 30.3 Å². The lowest BCUT2D eigenvalue weighted by atomic mass is 9.70. The monoisotopic (exact) mass is 331 g/mol. The molecule has 0 amide bonds. The molecule has 24 heavy (non-hydrogen) atoms. The summed E-state index contributed by atoms with van der Waals surface area (Å²) in [6.07, 6.45) is 3.59. The maximum atomic E-state index is 10.3. The Kier molecular flexibility index (Phi) is 5.06. The van der Waals surface area contributed by atoms with Gasteiger partial charge in [0.2, 0.25) is 0 Å². The maximum Gasteiger partial charge on any atom is 0.0898 e. The smallest absolute Gasteiger partial charge is 0.0898 e. The van der Waals surface area contributed by atoms with Crippen LogP contribution in [0.1, 0.15) is 58.6 Å². The van der Waals surface area contributed by atoms with E-state index in [4.69, 9.17) is 4.74 Å². The number of hydrogen-bond donors (Lipinski definition) is 2. The Labute approximate surface area is 146 Å². The molecule has 3 heteroatoms. The highest BCUT2D eigenvalue weighted by atomic mass is 16.5. The van der Waals surface area contributed by atoms with Crippen LogP contribution >= 0.6 is 0 Å². The van der Waals surface area contributed by atoms with Crippen molar-refractivity contribution in [3.8, 4) is 0 Å². The number of benzene rings is 1. The van der Waals surface area contributed by atoms with Gasteiger partial charge in [-0.1, -0.05) is 51.1 Å². The standard InChI is InChI=1S/C21H33NO2/c1-15(16-8-6-5-7-9-16)22-13-18(23)14-24-19-12-17-10-11-21(19,4)20(17,2)3/h5-9,15,17-19,22-23H,10-14H2,1-4H3/t15-,17+,18+,19-,21+/m0/s1. The quantitative estimate of drug-likeness (QED) is 0.795. The normalized spacial score (nSPS) is 33.5. The summed E-state index contributed by atoms with van der Waals surface area (Å²) < 4.78 is 6.19. The van der Waals surface area contributed by atoms with Crippen LogP contribution in [0.5, 0.6) is 0 Å². The third-order valence-corrected chi connectivity index (χ3v) is 7.16. The summed E-state index contributed by atoms with van der Waals surface area (Å²) in [5.41, 5.74) is 1.87. The Morgan fingerprint density at radius 3 is 2.54 bits per heavy atom. The minimum atomic E-state index is -0.456. The van der Waals surface area contributed by atoms with Crippen molar-refractivity contribution in [1.82, 2.24) is 5.32 Å². The van der Waals surface area contributed by atoms with Gasteiger partial charge < -0.3 is 15.2 Å². The first-order valence-electron chi connectivity index (χ1n) is 9.42. The van der Waals surface area contributed by atoms with Gasteiger partial charge in [-0.25, -0.2) is 0 Å². The molecule has 2 aliphatic carbocycles. The van der Waals surface area contributed by atoms with Gasteiger partial charge in [0, 0.05) is 12.6 Å². The lowest BCUT2D eigenvalue weighted by molar-refractivity contribution is -0.0744. The molecule has 2 saturated carbocycles. The van der Waals surface area contributed by atoms with E-state index in [-0.39, 0.29) is 11.5 Å². The highest BCUT2D eigenvalue weighted by Gasteiger charge is 2.61. The van der Waals surface area contributed by atoms with Crippen molar-refractivity contribution in [1.29, 1.82) is 0 Å². The third kappa shape index (κ3) is 3.14. The largest absolute Gasteiger partial charge is 0.389 e. The molecule has 2 aliphatic rings. The van der Waals surface area contributed by atoms with Crippen molar-refractivity contribution < 1.29 is 9.84 Å². The van der Waals surface area contributed by atoms with Gasteiger partial charge in [0.15, 0.2) is 0 Å². The minimum Gasteiger partial charge on any atom is -0.389 e. The van der Waals surface area contributed by atoms with Crippen LogP contribution < -0.4 is 5.32 Å². The first kappa shape index (κ1) is 17.9. The molecule has 3 nitrogen and oxygen atoms in total. The van der Waals surface area contributed by atoms with Gasteiger partial charge in [-0.05, 0) is 48.5 Å². The fraction of sp³-hybridized carbons (Fsp3) is 0.714. The fourth-order valence-corrected chi connectivity index (χ4v) is 4.84. The lowest BCUT2D eigenvalue weighted by Crippen LogP contribution is -2.40. The number of rotatable bonds is 7. The predicted octanol–water partition coefficient (Wildman–Crippen LogP) is 3.93. The molecular formula is C21H33NO2. The zero-order valence-corrected chi connectivity index (χ0v) is 15.6. The lowest BCUT2D eigenvalue weighted by Gasteiger charge is -2.39. The number of hydrogen-bond acceptors (Lipinski definition) is 3. The fourth-order valence-electron chi connectivity index (χ4n) is 4.84. The van der Waals surface area contributed by atoms with Gasteiger partial charge >= 0.3 is 0 Å². The van der Waals surface area contributed by atoms with E-state index in [0.717, 1.165) is 12.3 Å². The summed E-state index contributed by atoms with van der Waals surface area (Å²) in [4.78, 5) is 0. The third-order valence-electron chi connectivity index (χ3n) is 7.16. The van der Waals surface area contributed by atoms with Crippen molar-refractivity contribution in [2.45, 2.75) is 65.2 Å². The van der Waals surface area contributed by atoms with Crippen LogP contribution in [-0.2, 0) is 4.74 Å². The number of fused-ring (bicyclic) bond motifs is 2. The molecule has 0 unspecified atom stereocenters. The van der Waals surface area contributed by atoms with E-state index < -0.39 is 6.10 Å². The van der Waals surface area contributed by atoms with Crippen LogP contribution in [0.3, 0.4) is 0 Å². The van der Waals surface area contributed by atoms with E-state index in [0.29, 0.717) is 24.7 Å². The Balaban J connectivity index is 1.44. The molecule has 0 radical (unpaired) electrons. The van der Waals surface area contributed by atoms with Crippen LogP contribution in [0, 0.1) is 16.7 Å². The summed E-state index contributed by atoms with van der Waals surface area (Å²) in [7, 11) is 0. The molecule has 134 valence electrons. The van der Waals surface area contributed by atoms with Crippen molar-refractivity contribution in [3.05, 3.63) is 35.9 Å². The van der Waals surface area contributed by atoms with Gasteiger partial charge in [0.05, 0.1) is 18.8 Å². The first-order valence-corrected chi connectivity index (χ1v) is 9.42. The molecule has 0 aromatic heterocycles. The second-order valence-corrected chi connectivity index (χ2v) is 8.63. The van der Waals surface area contributed by atoms with Crippen LogP contribution in [0.25, 0.3) is 0 Å². The SMILES string of the molecule is C[C@H](NC[C@@H](O)CO[C@H]1C[C@H]2CC[C@@]1(C)C2(C)C)c1ccccc1. The Bertz CT molecular complexity index is 544. The predicted molar refractivity (Wildman–Crippen MR) is 97.8 cm³/mol. The van der Waals surface area contributed by atoms with E-state index in [9.17, 15) is 5.11 Å². The molecule has 5 atom stereocenters. The van der Waals surface area contributed by atoms with E-state index in [1.165, 1.54) is 18.4 Å². The topological polar surface area (TPSA) is 41.5 Å². The molecule has 0 aliphatic heterocycles. The van der Waals surface area contributed by atoms with Crippen molar-refractivity contribution in [3.63, 3.8) is 0 Å². The van der Waals surface area contributed by atoms with Crippen LogP contribution in [0.2, 0.25) is 0 Å². The number of nitrogens with one attached hydrogen (secondary N) is 1. The van der Waals surface area contributed by atoms with E-state index in [1.54, 1.807) is 0 Å². The average molecular weight is 332 g/mol. The van der Waals surface area contributed by atoms with E-state index >= 15 is 0 Å². The summed E-state index contributed by atoms with van der Waals surface area (Å²) in [5.74, 6) is 0.779. The van der Waals surface area contributed by atoms with Gasteiger partial charge in [0.1, 0.15) is 0 Å². The first-order chi connectivity index (χ1) is 11.3. The summed E-state index contributed by atoms with van der Waals surface area (Å²) in [6, 6.07) is 10.6. The van der Waals surface area contributed by atoms with Crippen LogP contribution in [-0.4, -0.2) is 30.5 Å². The van der Waals surface area contributed by atoms with Crippen molar-refractivity contribution in [2.24, 2.45) is 16.7 Å². The second kappa shape index (κ2) is 6.78. The molecule has 2 fully saturated rings. The molecule has 0 heterocycles. The molecule has 1 aromatic rings. The van der Waals surface area contributed by atoms with Crippen LogP contribution in [0.4, 0.5) is 0 Å². The van der Waals surface area contributed by atoms with E-state index in [2.05, 4.69) is 45.1 Å². The Morgan fingerprint density at radius 2 is 1.96 bits per heavy atom. The highest BCUT2D eigenvalue weighted by molar-refractivity contribution is 5.18.